The van der Waals surface area contributed by atoms with Crippen LogP contribution in [0.2, 0.25) is 0 Å². The molecule has 1 aromatic carbocycles. The largest absolute Gasteiger partial charge is 0.370 e. The average Bonchev–Trinajstić information content (AvgIpc) is 2.01. The molecule has 0 spiro atoms. The van der Waals surface area contributed by atoms with Gasteiger partial charge in [0, 0.05) is 18.3 Å². The van der Waals surface area contributed by atoms with Crippen molar-refractivity contribution in [2.75, 3.05) is 11.9 Å². The maximum absolute atomic E-state index is 12.9. The topological polar surface area (TPSA) is 3.24 Å². The van der Waals surface area contributed by atoms with Gasteiger partial charge in [-0.25, -0.2) is 4.39 Å². The van der Waals surface area contributed by atoms with Gasteiger partial charge in [0.2, 0.25) is 0 Å². The van der Waals surface area contributed by atoms with E-state index < -0.39 is 0 Å². The molecule has 0 fully saturated rings. The summed E-state index contributed by atoms with van der Waals surface area (Å²) in [4.78, 5) is 2.05. The molecule has 1 aromatic rings. The van der Waals surface area contributed by atoms with Crippen molar-refractivity contribution in [1.82, 2.24) is 0 Å². The highest BCUT2D eigenvalue weighted by Gasteiger charge is 2.17. The summed E-state index contributed by atoms with van der Waals surface area (Å²) >= 11 is 0. The summed E-state index contributed by atoms with van der Waals surface area (Å²) in [5.41, 5.74) is 0.931. The van der Waals surface area contributed by atoms with Crippen LogP contribution in [0.5, 0.6) is 0 Å². The van der Waals surface area contributed by atoms with Crippen LogP contribution in [0.4, 0.5) is 10.1 Å². The summed E-state index contributed by atoms with van der Waals surface area (Å²) in [6.45, 7) is 6.29. The van der Waals surface area contributed by atoms with Gasteiger partial charge in [-0.1, -0.05) is 6.07 Å². The number of anilines is 1. The van der Waals surface area contributed by atoms with Gasteiger partial charge in [-0.05, 0) is 39.0 Å². The minimum atomic E-state index is -0.186. The van der Waals surface area contributed by atoms with E-state index in [9.17, 15) is 4.39 Å². The molecule has 0 heterocycles. The Hall–Kier alpha value is -1.05. The maximum Gasteiger partial charge on any atom is 0.125 e. The first-order chi connectivity index (χ1) is 5.91. The minimum Gasteiger partial charge on any atom is -0.370 e. The van der Waals surface area contributed by atoms with Crippen LogP contribution in [0.1, 0.15) is 20.8 Å². The highest BCUT2D eigenvalue weighted by molar-refractivity contribution is 5.47. The SMILES string of the molecule is CN(c1cccc(F)c1)C(C)(C)C. The van der Waals surface area contributed by atoms with Crippen molar-refractivity contribution < 1.29 is 4.39 Å². The molecule has 1 nitrogen and oxygen atoms in total. The summed E-state index contributed by atoms with van der Waals surface area (Å²) in [7, 11) is 1.97. The molecule has 0 unspecified atom stereocenters. The van der Waals surface area contributed by atoms with Gasteiger partial charge in [0.25, 0.3) is 0 Å². The van der Waals surface area contributed by atoms with Gasteiger partial charge in [-0.3, -0.25) is 0 Å². The van der Waals surface area contributed by atoms with E-state index in [0.717, 1.165) is 5.69 Å². The van der Waals surface area contributed by atoms with Gasteiger partial charge in [-0.15, -0.1) is 0 Å². The molecule has 0 aromatic heterocycles. The van der Waals surface area contributed by atoms with Crippen LogP contribution in [0.25, 0.3) is 0 Å². The van der Waals surface area contributed by atoms with Gasteiger partial charge in [0.1, 0.15) is 5.82 Å². The molecular weight excluding hydrogens is 165 g/mol. The summed E-state index contributed by atoms with van der Waals surface area (Å²) in [6.07, 6.45) is 0. The first-order valence-electron chi connectivity index (χ1n) is 4.40. The van der Waals surface area contributed by atoms with Crippen molar-refractivity contribution in [1.29, 1.82) is 0 Å². The fourth-order valence-corrected chi connectivity index (χ4v) is 1.07. The van der Waals surface area contributed by atoms with Crippen molar-refractivity contribution in [3.63, 3.8) is 0 Å². The summed E-state index contributed by atoms with van der Waals surface area (Å²) in [6, 6.07) is 6.65. The van der Waals surface area contributed by atoms with Crippen LogP contribution in [0.15, 0.2) is 24.3 Å². The van der Waals surface area contributed by atoms with E-state index in [-0.39, 0.29) is 11.4 Å². The minimum absolute atomic E-state index is 0.0216. The van der Waals surface area contributed by atoms with Crippen LogP contribution >= 0.6 is 0 Å². The van der Waals surface area contributed by atoms with Gasteiger partial charge in [0.05, 0.1) is 0 Å². The molecule has 0 aliphatic rings. The molecule has 0 aliphatic carbocycles. The zero-order valence-corrected chi connectivity index (χ0v) is 8.63. The zero-order chi connectivity index (χ0) is 10.1. The van der Waals surface area contributed by atoms with Crippen LogP contribution in [-0.4, -0.2) is 12.6 Å². The molecule has 0 atom stereocenters. The summed E-state index contributed by atoms with van der Waals surface area (Å²) in [5.74, 6) is -0.186. The highest BCUT2D eigenvalue weighted by Crippen LogP contribution is 2.21. The molecule has 2 heteroatoms. The van der Waals surface area contributed by atoms with E-state index in [2.05, 4.69) is 25.7 Å². The van der Waals surface area contributed by atoms with E-state index in [0.29, 0.717) is 0 Å². The predicted molar refractivity (Wildman–Crippen MR) is 54.6 cm³/mol. The molecule has 0 radical (unpaired) electrons. The fourth-order valence-electron chi connectivity index (χ4n) is 1.07. The van der Waals surface area contributed by atoms with E-state index in [1.54, 1.807) is 12.1 Å². The van der Waals surface area contributed by atoms with Crippen LogP contribution < -0.4 is 4.90 Å². The molecule has 0 N–H and O–H groups in total. The third kappa shape index (κ3) is 2.44. The molecule has 1 rings (SSSR count). The molecular formula is C11H16FN. The standard InChI is InChI=1S/C11H16FN/c1-11(2,3)13(4)10-7-5-6-9(12)8-10/h5-8H,1-4H3. The number of benzene rings is 1. The Labute approximate surface area is 79.2 Å². The monoisotopic (exact) mass is 181 g/mol. The summed E-state index contributed by atoms with van der Waals surface area (Å²) < 4.78 is 12.9. The normalized spacial score (nSPS) is 11.5. The Kier molecular flexibility index (Phi) is 2.60. The first kappa shape index (κ1) is 10.0. The lowest BCUT2D eigenvalue weighted by Crippen LogP contribution is -2.38. The smallest absolute Gasteiger partial charge is 0.125 e. The Balaban J connectivity index is 2.96. The Morgan fingerprint density at radius 2 is 1.85 bits per heavy atom. The molecule has 0 aliphatic heterocycles. The van der Waals surface area contributed by atoms with Crippen molar-refractivity contribution in [2.45, 2.75) is 26.3 Å². The lowest BCUT2D eigenvalue weighted by molar-refractivity contribution is 0.536. The molecule has 0 saturated heterocycles. The number of nitrogens with zero attached hydrogens (tertiary/aromatic N) is 1. The van der Waals surface area contributed by atoms with E-state index >= 15 is 0 Å². The number of hydrogen-bond acceptors (Lipinski definition) is 1. The maximum atomic E-state index is 12.9. The summed E-state index contributed by atoms with van der Waals surface area (Å²) in [5, 5.41) is 0. The van der Waals surface area contributed by atoms with Crippen molar-refractivity contribution >= 4 is 5.69 Å². The molecule has 0 saturated carbocycles. The van der Waals surface area contributed by atoms with E-state index in [1.807, 2.05) is 13.1 Å². The highest BCUT2D eigenvalue weighted by atomic mass is 19.1. The number of rotatable bonds is 1. The van der Waals surface area contributed by atoms with Crippen LogP contribution in [-0.2, 0) is 0 Å². The van der Waals surface area contributed by atoms with Crippen LogP contribution in [0.3, 0.4) is 0 Å². The molecule has 0 bridgehead atoms. The lowest BCUT2D eigenvalue weighted by Gasteiger charge is -2.34. The second kappa shape index (κ2) is 3.36. The zero-order valence-electron chi connectivity index (χ0n) is 8.63. The second-order valence-electron chi connectivity index (χ2n) is 4.21. The average molecular weight is 181 g/mol. The van der Waals surface area contributed by atoms with E-state index in [1.165, 1.54) is 6.07 Å². The fraction of sp³-hybridized carbons (Fsp3) is 0.455. The first-order valence-corrected chi connectivity index (χ1v) is 4.40. The lowest BCUT2D eigenvalue weighted by atomic mass is 10.1. The van der Waals surface area contributed by atoms with Gasteiger partial charge < -0.3 is 4.90 Å². The van der Waals surface area contributed by atoms with Crippen molar-refractivity contribution in [3.8, 4) is 0 Å². The third-order valence-corrected chi connectivity index (χ3v) is 2.20. The number of halogens is 1. The Morgan fingerprint density at radius 1 is 1.23 bits per heavy atom. The molecule has 13 heavy (non-hydrogen) atoms. The predicted octanol–water partition coefficient (Wildman–Crippen LogP) is 3.06. The third-order valence-electron chi connectivity index (χ3n) is 2.20. The Morgan fingerprint density at radius 3 is 2.31 bits per heavy atom. The van der Waals surface area contributed by atoms with Gasteiger partial charge in [0.15, 0.2) is 0 Å². The van der Waals surface area contributed by atoms with Crippen molar-refractivity contribution in [2.24, 2.45) is 0 Å². The van der Waals surface area contributed by atoms with Gasteiger partial charge >= 0.3 is 0 Å². The van der Waals surface area contributed by atoms with E-state index in [4.69, 9.17) is 0 Å². The molecule has 72 valence electrons. The van der Waals surface area contributed by atoms with Crippen molar-refractivity contribution in [3.05, 3.63) is 30.1 Å². The van der Waals surface area contributed by atoms with Crippen LogP contribution in [0, 0.1) is 5.82 Å². The second-order valence-corrected chi connectivity index (χ2v) is 4.21. The quantitative estimate of drug-likeness (QED) is 0.643. The van der Waals surface area contributed by atoms with Gasteiger partial charge in [-0.2, -0.15) is 0 Å². The Bertz CT molecular complexity index is 288. The molecule has 0 amide bonds. The number of hydrogen-bond donors (Lipinski definition) is 0.